The van der Waals surface area contributed by atoms with E-state index in [2.05, 4.69) is 0 Å². The molecule has 0 aromatic carbocycles. The minimum atomic E-state index is -0.247. The number of carbonyl (C=O) groups excluding carboxylic acids is 2. The summed E-state index contributed by atoms with van der Waals surface area (Å²) in [6.45, 7) is 1.81. The zero-order chi connectivity index (χ0) is 12.3. The summed E-state index contributed by atoms with van der Waals surface area (Å²) in [5.41, 5.74) is 0. The molecule has 0 aliphatic heterocycles. The lowest BCUT2D eigenvalue weighted by atomic mass is 9.98. The Kier molecular flexibility index (Phi) is 3.86. The molecule has 4 heteroatoms. The van der Waals surface area contributed by atoms with E-state index in [0.29, 0.717) is 0 Å². The Hall–Kier alpha value is -1.26. The average molecular weight is 264 g/mol. The zero-order valence-electron chi connectivity index (χ0n) is 9.38. The van der Waals surface area contributed by atoms with E-state index >= 15 is 0 Å². The summed E-state index contributed by atoms with van der Waals surface area (Å²) in [5.74, 6) is -0.134. The molecule has 2 aromatic rings. The van der Waals surface area contributed by atoms with Crippen LogP contribution >= 0.6 is 22.7 Å². The highest BCUT2D eigenvalue weighted by Gasteiger charge is 2.20. The van der Waals surface area contributed by atoms with Crippen LogP contribution in [0, 0.1) is 5.92 Å². The van der Waals surface area contributed by atoms with Crippen molar-refractivity contribution in [3.63, 3.8) is 0 Å². The molecule has 0 radical (unpaired) electrons. The predicted octanol–water partition coefficient (Wildman–Crippen LogP) is 3.90. The Morgan fingerprint density at radius 3 is 2.24 bits per heavy atom. The lowest BCUT2D eigenvalue weighted by molar-refractivity contribution is 0.0867. The van der Waals surface area contributed by atoms with E-state index in [1.165, 1.54) is 22.7 Å². The van der Waals surface area contributed by atoms with Crippen LogP contribution in [-0.4, -0.2) is 11.6 Å². The maximum atomic E-state index is 12.0. The highest BCUT2D eigenvalue weighted by molar-refractivity contribution is 7.12. The van der Waals surface area contributed by atoms with Gasteiger partial charge in [0.15, 0.2) is 11.6 Å². The van der Waals surface area contributed by atoms with Crippen LogP contribution in [0.25, 0.3) is 0 Å². The zero-order valence-corrected chi connectivity index (χ0v) is 11.0. The molecule has 0 fully saturated rings. The van der Waals surface area contributed by atoms with Gasteiger partial charge in [-0.05, 0) is 22.9 Å². The largest absolute Gasteiger partial charge is 0.293 e. The molecule has 0 aliphatic rings. The van der Waals surface area contributed by atoms with Gasteiger partial charge >= 0.3 is 0 Å². The molecule has 2 heterocycles. The summed E-state index contributed by atoms with van der Waals surface area (Å²) in [6.07, 6.45) is 0.289. The minimum Gasteiger partial charge on any atom is -0.293 e. The topological polar surface area (TPSA) is 34.1 Å². The first kappa shape index (κ1) is 12.2. The fraction of sp³-hybridized carbons (Fsp3) is 0.231. The Balaban J connectivity index is 2.00. The molecule has 0 aliphatic carbocycles. The number of hydrogen-bond acceptors (Lipinski definition) is 4. The van der Waals surface area contributed by atoms with E-state index in [1.807, 2.05) is 29.8 Å². The standard InChI is InChI=1S/C13H12O2S2/c1-9(13(15)12-5-3-7-17-12)8-10(14)11-4-2-6-16-11/h2-7,9H,8H2,1H3/t9-/m0/s1. The van der Waals surface area contributed by atoms with Crippen LogP contribution in [0.1, 0.15) is 32.7 Å². The van der Waals surface area contributed by atoms with Crippen molar-refractivity contribution in [1.82, 2.24) is 0 Å². The summed E-state index contributed by atoms with van der Waals surface area (Å²) in [4.78, 5) is 25.3. The van der Waals surface area contributed by atoms with E-state index in [4.69, 9.17) is 0 Å². The van der Waals surface area contributed by atoms with Gasteiger partial charge in [-0.15, -0.1) is 22.7 Å². The molecular formula is C13H12O2S2. The fourth-order valence-electron chi connectivity index (χ4n) is 1.57. The van der Waals surface area contributed by atoms with E-state index in [1.54, 1.807) is 12.1 Å². The van der Waals surface area contributed by atoms with Crippen LogP contribution < -0.4 is 0 Å². The molecule has 0 bridgehead atoms. The van der Waals surface area contributed by atoms with Crippen molar-refractivity contribution in [2.24, 2.45) is 5.92 Å². The minimum absolute atomic E-state index is 0.0532. The molecule has 2 aromatic heterocycles. The Morgan fingerprint density at radius 2 is 1.71 bits per heavy atom. The second-order valence-corrected chi connectivity index (χ2v) is 5.74. The number of thiophene rings is 2. The highest BCUT2D eigenvalue weighted by Crippen LogP contribution is 2.20. The van der Waals surface area contributed by atoms with Crippen LogP contribution in [-0.2, 0) is 0 Å². The third-order valence-corrected chi connectivity index (χ3v) is 4.29. The van der Waals surface area contributed by atoms with Gasteiger partial charge in [0, 0.05) is 12.3 Å². The second-order valence-electron chi connectivity index (χ2n) is 3.85. The SMILES string of the molecule is C[C@@H](CC(=O)c1cccs1)C(=O)c1cccs1. The Morgan fingerprint density at radius 1 is 1.12 bits per heavy atom. The smallest absolute Gasteiger partial charge is 0.176 e. The van der Waals surface area contributed by atoms with E-state index in [-0.39, 0.29) is 23.9 Å². The fourth-order valence-corrected chi connectivity index (χ4v) is 3.02. The first-order valence-electron chi connectivity index (χ1n) is 5.33. The van der Waals surface area contributed by atoms with Gasteiger partial charge in [-0.1, -0.05) is 19.1 Å². The number of ketones is 2. The van der Waals surface area contributed by atoms with E-state index in [0.717, 1.165) is 9.75 Å². The summed E-state index contributed by atoms with van der Waals surface area (Å²) in [7, 11) is 0. The Labute approximate surface area is 108 Å². The van der Waals surface area contributed by atoms with Crippen molar-refractivity contribution >= 4 is 34.2 Å². The quantitative estimate of drug-likeness (QED) is 0.767. The van der Waals surface area contributed by atoms with Gasteiger partial charge in [-0.2, -0.15) is 0 Å². The van der Waals surface area contributed by atoms with Gasteiger partial charge in [-0.25, -0.2) is 0 Å². The van der Waals surface area contributed by atoms with Crippen molar-refractivity contribution in [3.8, 4) is 0 Å². The lowest BCUT2D eigenvalue weighted by Crippen LogP contribution is -2.14. The van der Waals surface area contributed by atoms with Crippen LogP contribution in [0.3, 0.4) is 0 Å². The summed E-state index contributed by atoms with van der Waals surface area (Å²) < 4.78 is 0. The van der Waals surface area contributed by atoms with Crippen molar-refractivity contribution in [2.45, 2.75) is 13.3 Å². The molecule has 0 saturated heterocycles. The highest BCUT2D eigenvalue weighted by atomic mass is 32.1. The van der Waals surface area contributed by atoms with Crippen molar-refractivity contribution in [2.75, 3.05) is 0 Å². The first-order valence-corrected chi connectivity index (χ1v) is 7.09. The van der Waals surface area contributed by atoms with Gasteiger partial charge in [0.25, 0.3) is 0 Å². The third-order valence-electron chi connectivity index (χ3n) is 2.50. The number of hydrogen-bond donors (Lipinski definition) is 0. The average Bonchev–Trinajstić information content (AvgIpc) is 3.00. The van der Waals surface area contributed by atoms with E-state index in [9.17, 15) is 9.59 Å². The number of Topliss-reactive ketones (excluding diaryl/α,β-unsaturated/α-hetero) is 2. The maximum absolute atomic E-state index is 12.0. The molecule has 88 valence electrons. The maximum Gasteiger partial charge on any atom is 0.176 e. The molecule has 2 rings (SSSR count). The van der Waals surface area contributed by atoms with Gasteiger partial charge in [-0.3, -0.25) is 9.59 Å². The summed E-state index contributed by atoms with van der Waals surface area (Å²) in [6, 6.07) is 7.31. The lowest BCUT2D eigenvalue weighted by Gasteiger charge is -2.07. The predicted molar refractivity (Wildman–Crippen MR) is 71.1 cm³/mol. The molecule has 17 heavy (non-hydrogen) atoms. The normalized spacial score (nSPS) is 12.3. The van der Waals surface area contributed by atoms with Crippen LogP contribution in [0.5, 0.6) is 0 Å². The van der Waals surface area contributed by atoms with E-state index < -0.39 is 0 Å². The van der Waals surface area contributed by atoms with Crippen molar-refractivity contribution in [1.29, 1.82) is 0 Å². The van der Waals surface area contributed by atoms with Gasteiger partial charge in [0.1, 0.15) is 0 Å². The molecule has 0 saturated carbocycles. The Bertz CT molecular complexity index is 498. The summed E-state index contributed by atoms with van der Waals surface area (Å²) >= 11 is 2.85. The molecule has 0 amide bonds. The molecule has 2 nitrogen and oxygen atoms in total. The third kappa shape index (κ3) is 2.90. The molecule has 0 unspecified atom stereocenters. The number of rotatable bonds is 5. The molecule has 0 N–H and O–H groups in total. The van der Waals surface area contributed by atoms with Gasteiger partial charge in [0.05, 0.1) is 9.75 Å². The van der Waals surface area contributed by atoms with Gasteiger partial charge < -0.3 is 0 Å². The molecule has 0 spiro atoms. The van der Waals surface area contributed by atoms with Crippen LogP contribution in [0.2, 0.25) is 0 Å². The van der Waals surface area contributed by atoms with Crippen LogP contribution in [0.15, 0.2) is 35.0 Å². The first-order chi connectivity index (χ1) is 8.18. The van der Waals surface area contributed by atoms with Crippen LogP contribution in [0.4, 0.5) is 0 Å². The monoisotopic (exact) mass is 264 g/mol. The van der Waals surface area contributed by atoms with Crippen molar-refractivity contribution in [3.05, 3.63) is 44.8 Å². The summed E-state index contributed by atoms with van der Waals surface area (Å²) in [5, 5.41) is 3.75. The van der Waals surface area contributed by atoms with Gasteiger partial charge in [0.2, 0.25) is 0 Å². The molecule has 1 atom stereocenters. The second kappa shape index (κ2) is 5.38. The molecular weight excluding hydrogens is 252 g/mol. The number of carbonyl (C=O) groups is 2. The van der Waals surface area contributed by atoms with Crippen molar-refractivity contribution < 1.29 is 9.59 Å².